The van der Waals surface area contributed by atoms with Crippen molar-refractivity contribution in [1.29, 1.82) is 0 Å². The van der Waals surface area contributed by atoms with E-state index in [0.29, 0.717) is 11.4 Å². The van der Waals surface area contributed by atoms with Gasteiger partial charge in [-0.25, -0.2) is 0 Å². The van der Waals surface area contributed by atoms with Gasteiger partial charge in [0.05, 0.1) is 12.3 Å². The van der Waals surface area contributed by atoms with Gasteiger partial charge in [-0.3, -0.25) is 9.59 Å². The van der Waals surface area contributed by atoms with Crippen LogP contribution in [0.3, 0.4) is 0 Å². The number of halogens is 1. The third-order valence-electron chi connectivity index (χ3n) is 4.26. The maximum absolute atomic E-state index is 12.2. The molecule has 0 unspecified atom stereocenters. The maximum Gasteiger partial charge on any atom is 0.308 e. The van der Waals surface area contributed by atoms with Gasteiger partial charge in [0.1, 0.15) is 0 Å². The van der Waals surface area contributed by atoms with E-state index in [0.717, 1.165) is 29.3 Å². The van der Waals surface area contributed by atoms with Crippen LogP contribution in [0.1, 0.15) is 24.8 Å². The quantitative estimate of drug-likeness (QED) is 0.810. The fourth-order valence-corrected chi connectivity index (χ4v) is 3.33. The first-order valence-electron chi connectivity index (χ1n) is 7.32. The van der Waals surface area contributed by atoms with E-state index in [9.17, 15) is 9.59 Å². The molecule has 5 nitrogen and oxygen atoms in total. The molecule has 22 heavy (non-hydrogen) atoms. The van der Waals surface area contributed by atoms with Crippen LogP contribution in [-0.4, -0.2) is 28.0 Å². The average molecular weight is 321 g/mol. The predicted octanol–water partition coefficient (Wildman–Crippen LogP) is 2.73. The second kappa shape index (κ2) is 6.01. The number of carbonyl (C=O) groups excluding carboxylic acids is 1. The molecular weight excluding hydrogens is 304 g/mol. The molecular formula is C16H17ClN2O3. The van der Waals surface area contributed by atoms with Crippen LogP contribution in [0.15, 0.2) is 24.4 Å². The van der Waals surface area contributed by atoms with Gasteiger partial charge in [0, 0.05) is 28.2 Å². The highest BCUT2D eigenvalue weighted by Gasteiger charge is 2.33. The SMILES string of the molecule is O=C(Cc1c[nH]c2ccc(Cl)cc12)N[C@H]1CCC[C@H]1C(=O)O. The number of benzene rings is 1. The summed E-state index contributed by atoms with van der Waals surface area (Å²) in [5.74, 6) is -1.46. The maximum atomic E-state index is 12.2. The van der Waals surface area contributed by atoms with E-state index < -0.39 is 11.9 Å². The molecule has 1 saturated carbocycles. The second-order valence-corrected chi connectivity index (χ2v) is 6.17. The number of amides is 1. The van der Waals surface area contributed by atoms with Crippen LogP contribution in [-0.2, 0) is 16.0 Å². The first kappa shape index (κ1) is 14.9. The zero-order valence-electron chi connectivity index (χ0n) is 11.9. The Kier molecular flexibility index (Phi) is 4.07. The Morgan fingerprint density at radius 1 is 1.36 bits per heavy atom. The molecule has 3 rings (SSSR count). The van der Waals surface area contributed by atoms with Gasteiger partial charge < -0.3 is 15.4 Å². The summed E-state index contributed by atoms with van der Waals surface area (Å²) in [5, 5.41) is 13.6. The van der Waals surface area contributed by atoms with Crippen LogP contribution in [0.5, 0.6) is 0 Å². The van der Waals surface area contributed by atoms with Gasteiger partial charge in [-0.05, 0) is 36.6 Å². The minimum absolute atomic E-state index is 0.154. The first-order chi connectivity index (χ1) is 10.5. The van der Waals surface area contributed by atoms with E-state index in [2.05, 4.69) is 10.3 Å². The third kappa shape index (κ3) is 2.95. The Labute approximate surface area is 132 Å². The highest BCUT2D eigenvalue weighted by molar-refractivity contribution is 6.31. The van der Waals surface area contributed by atoms with Crippen molar-refractivity contribution in [2.75, 3.05) is 0 Å². The number of rotatable bonds is 4. The van der Waals surface area contributed by atoms with E-state index in [1.54, 1.807) is 12.3 Å². The van der Waals surface area contributed by atoms with E-state index in [1.165, 1.54) is 0 Å². The Bertz CT molecular complexity index is 725. The van der Waals surface area contributed by atoms with E-state index in [-0.39, 0.29) is 18.4 Å². The number of hydrogen-bond donors (Lipinski definition) is 3. The Balaban J connectivity index is 1.71. The van der Waals surface area contributed by atoms with Crippen molar-refractivity contribution in [2.45, 2.75) is 31.7 Å². The van der Waals surface area contributed by atoms with Crippen LogP contribution in [0, 0.1) is 5.92 Å². The number of hydrogen-bond acceptors (Lipinski definition) is 2. The van der Waals surface area contributed by atoms with Gasteiger partial charge in [0.25, 0.3) is 0 Å². The third-order valence-corrected chi connectivity index (χ3v) is 4.50. The van der Waals surface area contributed by atoms with Gasteiger partial charge in [-0.2, -0.15) is 0 Å². The van der Waals surface area contributed by atoms with Gasteiger partial charge in [0.15, 0.2) is 0 Å². The van der Waals surface area contributed by atoms with Gasteiger partial charge in [-0.1, -0.05) is 18.0 Å². The number of H-pyrrole nitrogens is 1. The van der Waals surface area contributed by atoms with E-state index in [1.807, 2.05) is 12.1 Å². The Morgan fingerprint density at radius 3 is 2.95 bits per heavy atom. The molecule has 6 heteroatoms. The molecule has 3 N–H and O–H groups in total. The van der Waals surface area contributed by atoms with Crippen molar-refractivity contribution >= 4 is 34.4 Å². The number of carbonyl (C=O) groups is 2. The fraction of sp³-hybridized carbons (Fsp3) is 0.375. The van der Waals surface area contributed by atoms with Crippen molar-refractivity contribution in [2.24, 2.45) is 5.92 Å². The number of aromatic amines is 1. The van der Waals surface area contributed by atoms with Crippen LogP contribution in [0.25, 0.3) is 10.9 Å². The van der Waals surface area contributed by atoms with Gasteiger partial charge in [-0.15, -0.1) is 0 Å². The number of carboxylic acid groups (broad SMARTS) is 1. The standard InChI is InChI=1S/C16H17ClN2O3/c17-10-4-5-13-12(7-10)9(8-18-13)6-15(20)19-14-3-1-2-11(14)16(21)22/h4-5,7-8,11,14,18H,1-3,6H2,(H,19,20)(H,21,22)/t11-,14+/m1/s1. The highest BCUT2D eigenvalue weighted by atomic mass is 35.5. The summed E-state index contributed by atoms with van der Waals surface area (Å²) in [6, 6.07) is 5.22. The molecule has 0 saturated heterocycles. The molecule has 1 heterocycles. The van der Waals surface area contributed by atoms with E-state index in [4.69, 9.17) is 16.7 Å². The second-order valence-electron chi connectivity index (χ2n) is 5.73. The monoisotopic (exact) mass is 320 g/mol. The molecule has 1 aliphatic rings. The van der Waals surface area contributed by atoms with Crippen molar-refractivity contribution in [1.82, 2.24) is 10.3 Å². The van der Waals surface area contributed by atoms with Crippen LogP contribution >= 0.6 is 11.6 Å². The van der Waals surface area contributed by atoms with Gasteiger partial charge >= 0.3 is 5.97 Å². The summed E-state index contributed by atoms with van der Waals surface area (Å²) in [7, 11) is 0. The summed E-state index contributed by atoms with van der Waals surface area (Å²) in [6.45, 7) is 0. The molecule has 0 bridgehead atoms. The topological polar surface area (TPSA) is 82.2 Å². The van der Waals surface area contributed by atoms with Gasteiger partial charge in [0.2, 0.25) is 5.91 Å². The van der Waals surface area contributed by atoms with Crippen LogP contribution in [0.2, 0.25) is 5.02 Å². The number of nitrogens with one attached hydrogen (secondary N) is 2. The lowest BCUT2D eigenvalue weighted by Gasteiger charge is -2.17. The molecule has 2 aromatic rings. The van der Waals surface area contributed by atoms with Crippen molar-refractivity contribution in [3.05, 3.63) is 35.0 Å². The van der Waals surface area contributed by atoms with Crippen LogP contribution < -0.4 is 5.32 Å². The lowest BCUT2D eigenvalue weighted by atomic mass is 10.0. The molecule has 0 aliphatic heterocycles. The minimum Gasteiger partial charge on any atom is -0.481 e. The zero-order valence-corrected chi connectivity index (χ0v) is 12.7. The number of aromatic nitrogens is 1. The average Bonchev–Trinajstić information content (AvgIpc) is 3.06. The molecule has 1 aliphatic carbocycles. The molecule has 1 amide bonds. The number of aliphatic carboxylic acids is 1. The summed E-state index contributed by atoms with van der Waals surface area (Å²) in [5.41, 5.74) is 1.79. The fourth-order valence-electron chi connectivity index (χ4n) is 3.16. The van der Waals surface area contributed by atoms with E-state index >= 15 is 0 Å². The van der Waals surface area contributed by atoms with Crippen LogP contribution in [0.4, 0.5) is 0 Å². The lowest BCUT2D eigenvalue weighted by molar-refractivity contribution is -0.142. The molecule has 1 aromatic carbocycles. The summed E-state index contributed by atoms with van der Waals surface area (Å²) >= 11 is 6.00. The summed E-state index contributed by atoms with van der Waals surface area (Å²) in [6.07, 6.45) is 4.20. The number of fused-ring (bicyclic) bond motifs is 1. The lowest BCUT2D eigenvalue weighted by Crippen LogP contribution is -2.40. The first-order valence-corrected chi connectivity index (χ1v) is 7.70. The largest absolute Gasteiger partial charge is 0.481 e. The van der Waals surface area contributed by atoms with Crippen molar-refractivity contribution in [3.63, 3.8) is 0 Å². The van der Waals surface area contributed by atoms with Crippen molar-refractivity contribution in [3.8, 4) is 0 Å². The molecule has 116 valence electrons. The Hall–Kier alpha value is -2.01. The molecule has 2 atom stereocenters. The smallest absolute Gasteiger partial charge is 0.308 e. The summed E-state index contributed by atoms with van der Waals surface area (Å²) in [4.78, 5) is 26.5. The minimum atomic E-state index is -0.832. The molecule has 1 aromatic heterocycles. The predicted molar refractivity (Wildman–Crippen MR) is 83.9 cm³/mol. The normalized spacial score (nSPS) is 21.1. The summed E-state index contributed by atoms with van der Waals surface area (Å²) < 4.78 is 0. The van der Waals surface area contributed by atoms with Crippen molar-refractivity contribution < 1.29 is 14.7 Å². The highest BCUT2D eigenvalue weighted by Crippen LogP contribution is 2.26. The molecule has 1 fully saturated rings. The number of carboxylic acids is 1. The zero-order chi connectivity index (χ0) is 15.7. The molecule has 0 radical (unpaired) electrons. The molecule has 0 spiro atoms. The Morgan fingerprint density at radius 2 is 2.18 bits per heavy atom.